The first kappa shape index (κ1) is 16.8. The van der Waals surface area contributed by atoms with E-state index >= 15 is 0 Å². The van der Waals surface area contributed by atoms with Crippen LogP contribution in [0.1, 0.15) is 12.5 Å². The summed E-state index contributed by atoms with van der Waals surface area (Å²) in [7, 11) is 1.59. The highest BCUT2D eigenvalue weighted by Gasteiger charge is 2.44. The fourth-order valence-corrected chi connectivity index (χ4v) is 3.60. The van der Waals surface area contributed by atoms with Gasteiger partial charge in [0.2, 0.25) is 11.8 Å². The molecule has 0 radical (unpaired) electrons. The molecule has 0 bridgehead atoms. The Hall–Kier alpha value is -1.53. The van der Waals surface area contributed by atoms with Crippen molar-refractivity contribution in [2.75, 3.05) is 31.8 Å². The molecule has 2 amide bonds. The number of thioether (sulfide) groups is 1. The number of hydrogen-bond acceptors (Lipinski definition) is 4. The molecule has 0 aliphatic carbocycles. The van der Waals surface area contributed by atoms with Gasteiger partial charge in [0, 0.05) is 26.0 Å². The Kier molecular flexibility index (Phi) is 5.85. The van der Waals surface area contributed by atoms with Crippen LogP contribution in [0.4, 0.5) is 0 Å². The fourth-order valence-electron chi connectivity index (χ4n) is 2.48. The van der Waals surface area contributed by atoms with Gasteiger partial charge in [-0.3, -0.25) is 9.59 Å². The first-order chi connectivity index (χ1) is 10.6. The van der Waals surface area contributed by atoms with E-state index in [9.17, 15) is 9.59 Å². The van der Waals surface area contributed by atoms with Gasteiger partial charge in [-0.2, -0.15) is 0 Å². The van der Waals surface area contributed by atoms with E-state index < -0.39 is 5.54 Å². The zero-order valence-corrected chi connectivity index (χ0v) is 13.8. The van der Waals surface area contributed by atoms with Crippen LogP contribution in [0.5, 0.6) is 0 Å². The van der Waals surface area contributed by atoms with Crippen molar-refractivity contribution >= 4 is 23.6 Å². The maximum Gasteiger partial charge on any atom is 0.246 e. The minimum Gasteiger partial charge on any atom is -0.383 e. The molecule has 5 nitrogen and oxygen atoms in total. The number of methoxy groups -OCH3 is 1. The Balaban J connectivity index is 2.04. The Bertz CT molecular complexity index is 523. The lowest BCUT2D eigenvalue weighted by Gasteiger charge is -2.42. The molecule has 1 unspecified atom stereocenters. The highest BCUT2D eigenvalue weighted by atomic mass is 32.2. The smallest absolute Gasteiger partial charge is 0.246 e. The summed E-state index contributed by atoms with van der Waals surface area (Å²) in [5.74, 6) is 0.896. The van der Waals surface area contributed by atoms with Gasteiger partial charge in [-0.1, -0.05) is 30.3 Å². The summed E-state index contributed by atoms with van der Waals surface area (Å²) in [5.41, 5.74) is 0.213. The molecule has 1 aromatic carbocycles. The Labute approximate surface area is 135 Å². The molecule has 6 heteroatoms. The van der Waals surface area contributed by atoms with Gasteiger partial charge in [-0.15, -0.1) is 11.8 Å². The van der Waals surface area contributed by atoms with E-state index in [0.717, 1.165) is 5.56 Å². The van der Waals surface area contributed by atoms with Crippen LogP contribution in [0.2, 0.25) is 0 Å². The number of nitrogens with one attached hydrogen (secondary N) is 1. The Morgan fingerprint density at radius 2 is 2.14 bits per heavy atom. The van der Waals surface area contributed by atoms with E-state index in [1.165, 1.54) is 11.8 Å². The maximum atomic E-state index is 12.7. The lowest BCUT2D eigenvalue weighted by Crippen LogP contribution is -2.63. The number of carbonyl (C=O) groups excluding carboxylic acids is 2. The zero-order valence-electron chi connectivity index (χ0n) is 13.0. The molecule has 1 aliphatic rings. The van der Waals surface area contributed by atoms with Crippen molar-refractivity contribution in [1.29, 1.82) is 0 Å². The molecule has 0 aromatic heterocycles. The van der Waals surface area contributed by atoms with Gasteiger partial charge >= 0.3 is 0 Å². The van der Waals surface area contributed by atoms with Gasteiger partial charge in [0.1, 0.15) is 5.54 Å². The number of benzene rings is 1. The van der Waals surface area contributed by atoms with Crippen molar-refractivity contribution in [1.82, 2.24) is 10.2 Å². The van der Waals surface area contributed by atoms with Crippen LogP contribution in [0.25, 0.3) is 0 Å². The molecule has 1 fully saturated rings. The van der Waals surface area contributed by atoms with E-state index in [4.69, 9.17) is 4.74 Å². The maximum absolute atomic E-state index is 12.7. The number of carbonyl (C=O) groups is 2. The standard InChI is InChI=1S/C16H22N2O3S/c1-16(12-22-11-14(19)18(16)8-9-21-2)15(20)17-10-13-6-4-3-5-7-13/h3-7H,8-12H2,1-2H3,(H,17,20). The number of nitrogens with zero attached hydrogens (tertiary/aromatic N) is 1. The van der Waals surface area contributed by atoms with Crippen molar-refractivity contribution in [2.45, 2.75) is 19.0 Å². The normalized spacial score (nSPS) is 21.7. The van der Waals surface area contributed by atoms with Crippen LogP contribution < -0.4 is 5.32 Å². The molecule has 0 spiro atoms. The second kappa shape index (κ2) is 7.65. The quantitative estimate of drug-likeness (QED) is 0.857. The molecule has 1 aromatic rings. The molecular formula is C16H22N2O3S. The topological polar surface area (TPSA) is 58.6 Å². The average molecular weight is 322 g/mol. The largest absolute Gasteiger partial charge is 0.383 e. The van der Waals surface area contributed by atoms with Gasteiger partial charge in [-0.05, 0) is 12.5 Å². The van der Waals surface area contributed by atoms with Gasteiger partial charge in [-0.25, -0.2) is 0 Å². The molecule has 2 rings (SSSR count). The van der Waals surface area contributed by atoms with Crippen molar-refractivity contribution in [3.05, 3.63) is 35.9 Å². The fraction of sp³-hybridized carbons (Fsp3) is 0.500. The van der Waals surface area contributed by atoms with Crippen molar-refractivity contribution in [3.63, 3.8) is 0 Å². The molecule has 1 saturated heterocycles. The SMILES string of the molecule is COCCN1C(=O)CSCC1(C)C(=O)NCc1ccccc1. The second-order valence-corrected chi connectivity index (χ2v) is 6.46. The third kappa shape index (κ3) is 3.81. The summed E-state index contributed by atoms with van der Waals surface area (Å²) in [6.45, 7) is 3.16. The first-order valence-corrected chi connectivity index (χ1v) is 8.43. The van der Waals surface area contributed by atoms with E-state index in [1.807, 2.05) is 37.3 Å². The third-order valence-corrected chi connectivity index (χ3v) is 5.03. The third-order valence-electron chi connectivity index (χ3n) is 3.81. The molecule has 1 heterocycles. The van der Waals surface area contributed by atoms with Gasteiger partial charge in [0.25, 0.3) is 0 Å². The van der Waals surface area contributed by atoms with Crippen molar-refractivity contribution in [2.24, 2.45) is 0 Å². The predicted molar refractivity (Wildman–Crippen MR) is 87.6 cm³/mol. The number of amides is 2. The number of hydrogen-bond donors (Lipinski definition) is 1. The van der Waals surface area contributed by atoms with Crippen LogP contribution in [0.3, 0.4) is 0 Å². The van der Waals surface area contributed by atoms with Crippen LogP contribution in [-0.4, -0.2) is 54.0 Å². The number of rotatable bonds is 6. The van der Waals surface area contributed by atoms with Crippen molar-refractivity contribution < 1.29 is 14.3 Å². The predicted octanol–water partition coefficient (Wildman–Crippen LogP) is 1.28. The molecule has 1 N–H and O–H groups in total. The number of ether oxygens (including phenoxy) is 1. The Morgan fingerprint density at radius 3 is 2.82 bits per heavy atom. The zero-order chi connectivity index (χ0) is 16.0. The summed E-state index contributed by atoms with van der Waals surface area (Å²) in [6, 6.07) is 9.75. The van der Waals surface area contributed by atoms with E-state index in [-0.39, 0.29) is 11.8 Å². The summed E-state index contributed by atoms with van der Waals surface area (Å²) < 4.78 is 5.06. The molecule has 120 valence electrons. The van der Waals surface area contributed by atoms with E-state index in [1.54, 1.807) is 12.0 Å². The monoisotopic (exact) mass is 322 g/mol. The Morgan fingerprint density at radius 1 is 1.41 bits per heavy atom. The van der Waals surface area contributed by atoms with Crippen molar-refractivity contribution in [3.8, 4) is 0 Å². The van der Waals surface area contributed by atoms with Gasteiger partial charge < -0.3 is 15.0 Å². The summed E-state index contributed by atoms with van der Waals surface area (Å²) in [6.07, 6.45) is 0. The molecular weight excluding hydrogens is 300 g/mol. The molecule has 22 heavy (non-hydrogen) atoms. The summed E-state index contributed by atoms with van der Waals surface area (Å²) in [4.78, 5) is 26.5. The summed E-state index contributed by atoms with van der Waals surface area (Å²) >= 11 is 1.50. The highest BCUT2D eigenvalue weighted by molar-refractivity contribution is 8.00. The van der Waals surface area contributed by atoms with E-state index in [0.29, 0.717) is 31.2 Å². The van der Waals surface area contributed by atoms with Gasteiger partial charge in [0.05, 0.1) is 12.4 Å². The molecule has 1 aliphatic heterocycles. The highest BCUT2D eigenvalue weighted by Crippen LogP contribution is 2.27. The molecule has 1 atom stereocenters. The second-order valence-electron chi connectivity index (χ2n) is 5.47. The average Bonchev–Trinajstić information content (AvgIpc) is 2.53. The van der Waals surface area contributed by atoms with Crippen LogP contribution in [-0.2, 0) is 20.9 Å². The minimum atomic E-state index is -0.826. The molecule has 0 saturated carbocycles. The van der Waals surface area contributed by atoms with Gasteiger partial charge in [0.15, 0.2) is 0 Å². The lowest BCUT2D eigenvalue weighted by atomic mass is 10.00. The lowest BCUT2D eigenvalue weighted by molar-refractivity contribution is -0.145. The minimum absolute atomic E-state index is 0.00865. The van der Waals surface area contributed by atoms with Crippen LogP contribution in [0.15, 0.2) is 30.3 Å². The van der Waals surface area contributed by atoms with Crippen LogP contribution in [0, 0.1) is 0 Å². The summed E-state index contributed by atoms with van der Waals surface area (Å²) in [5, 5.41) is 2.95. The first-order valence-electron chi connectivity index (χ1n) is 7.27. The van der Waals surface area contributed by atoms with E-state index in [2.05, 4.69) is 5.32 Å². The van der Waals surface area contributed by atoms with Crippen LogP contribution >= 0.6 is 11.8 Å².